The van der Waals surface area contributed by atoms with Crippen LogP contribution in [0, 0.1) is 0 Å². The van der Waals surface area contributed by atoms with E-state index in [1.165, 1.54) is 19.3 Å². The maximum Gasteiger partial charge on any atom is 0.472 e. The molecule has 0 aliphatic rings. The van der Waals surface area contributed by atoms with Gasteiger partial charge in [-0.25, -0.2) is 9.13 Å². The number of rotatable bonds is 73. The SMILES string of the molecule is CC/C=C\C/C=C\C/C=C\C/C=C\C/C=C\CCCC(=O)OCC(COP(=O)(O)OCC(O)COP(=O)(O)OCC(COC(=O)CCCCCCCC/C=C\C/C=C\C/C=C\CCCCC)OC(=O)CCCCCCC/C=C\C/C=C\CCC)OC(=O)CCC/C=C\C/C=C\C/C=C\C/C=C\C/C=C\CC. The maximum atomic E-state index is 13.1. The van der Waals surface area contributed by atoms with Crippen LogP contribution in [0.3, 0.4) is 0 Å². The van der Waals surface area contributed by atoms with Crippen LogP contribution in [0.1, 0.15) is 285 Å². The molecule has 106 heavy (non-hydrogen) atoms. The molecule has 19 heteroatoms. The average molecular weight is 1520 g/mol. The molecule has 0 saturated heterocycles. The molecular formula is C87H140O17P2. The van der Waals surface area contributed by atoms with Gasteiger partial charge < -0.3 is 33.8 Å². The van der Waals surface area contributed by atoms with E-state index in [1.807, 2.05) is 24.3 Å². The molecule has 0 spiro atoms. The molecule has 0 amide bonds. The van der Waals surface area contributed by atoms with Crippen molar-refractivity contribution in [1.29, 1.82) is 0 Å². The topological polar surface area (TPSA) is 237 Å². The van der Waals surface area contributed by atoms with Crippen LogP contribution < -0.4 is 0 Å². The zero-order valence-electron chi connectivity index (χ0n) is 65.5. The maximum absolute atomic E-state index is 13.1. The van der Waals surface area contributed by atoms with E-state index in [-0.39, 0.29) is 25.7 Å². The van der Waals surface area contributed by atoms with Gasteiger partial charge in [-0.3, -0.25) is 37.3 Å². The molecule has 0 heterocycles. The molecule has 0 aromatic rings. The Morgan fingerprint density at radius 2 is 0.519 bits per heavy atom. The molecule has 0 rings (SSSR count). The highest BCUT2D eigenvalue weighted by Crippen LogP contribution is 2.45. The third-order valence-electron chi connectivity index (χ3n) is 15.8. The van der Waals surface area contributed by atoms with Gasteiger partial charge in [-0.1, -0.05) is 274 Å². The molecule has 0 saturated carbocycles. The van der Waals surface area contributed by atoms with Gasteiger partial charge in [0.1, 0.15) is 19.3 Å². The number of carbonyl (C=O) groups is 4. The van der Waals surface area contributed by atoms with Crippen molar-refractivity contribution in [3.05, 3.63) is 182 Å². The molecule has 0 aliphatic heterocycles. The molecule has 0 fully saturated rings. The second-order valence-electron chi connectivity index (χ2n) is 25.9. The third kappa shape index (κ3) is 76.4. The molecule has 0 radical (unpaired) electrons. The number of allylic oxidation sites excluding steroid dienone is 30. The lowest BCUT2D eigenvalue weighted by atomic mass is 10.1. The van der Waals surface area contributed by atoms with Gasteiger partial charge in [-0.15, -0.1) is 0 Å². The predicted octanol–water partition coefficient (Wildman–Crippen LogP) is 23.6. The molecule has 17 nitrogen and oxygen atoms in total. The first-order valence-electron chi connectivity index (χ1n) is 40.0. The average Bonchev–Trinajstić information content (AvgIpc) is 0.902. The quantitative estimate of drug-likeness (QED) is 0.0169. The summed E-state index contributed by atoms with van der Waals surface area (Å²) >= 11 is 0. The Kier molecular flexibility index (Phi) is 73.1. The Morgan fingerprint density at radius 1 is 0.274 bits per heavy atom. The summed E-state index contributed by atoms with van der Waals surface area (Å²) in [6.07, 6.45) is 93.2. The predicted molar refractivity (Wildman–Crippen MR) is 436 cm³/mol. The van der Waals surface area contributed by atoms with Crippen molar-refractivity contribution >= 4 is 39.5 Å². The smallest absolute Gasteiger partial charge is 0.462 e. The number of ether oxygens (including phenoxy) is 4. The first-order chi connectivity index (χ1) is 51.7. The number of hydrogen-bond acceptors (Lipinski definition) is 15. The van der Waals surface area contributed by atoms with Crippen LogP contribution in [0.15, 0.2) is 182 Å². The third-order valence-corrected chi connectivity index (χ3v) is 17.7. The molecular weight excluding hydrogens is 1380 g/mol. The molecule has 0 aliphatic carbocycles. The van der Waals surface area contributed by atoms with E-state index in [9.17, 15) is 43.2 Å². The van der Waals surface area contributed by atoms with E-state index in [1.54, 1.807) is 0 Å². The fraction of sp³-hybridized carbons (Fsp3) is 0.609. The number of aliphatic hydroxyl groups excluding tert-OH is 1. The van der Waals surface area contributed by atoms with E-state index >= 15 is 0 Å². The monoisotopic (exact) mass is 1520 g/mol. The second-order valence-corrected chi connectivity index (χ2v) is 28.8. The van der Waals surface area contributed by atoms with Gasteiger partial charge in [-0.05, 0) is 167 Å². The lowest BCUT2D eigenvalue weighted by Gasteiger charge is -2.21. The Labute approximate surface area is 641 Å². The summed E-state index contributed by atoms with van der Waals surface area (Å²) in [4.78, 5) is 73.0. The summed E-state index contributed by atoms with van der Waals surface area (Å²) in [6.45, 7) is 4.37. The Bertz CT molecular complexity index is 2730. The molecule has 0 bridgehead atoms. The van der Waals surface area contributed by atoms with E-state index in [2.05, 4.69) is 186 Å². The molecule has 3 N–H and O–H groups in total. The van der Waals surface area contributed by atoms with Crippen molar-refractivity contribution in [3.63, 3.8) is 0 Å². The van der Waals surface area contributed by atoms with Crippen LogP contribution in [0.5, 0.6) is 0 Å². The number of phosphoric acid groups is 2. The first-order valence-corrected chi connectivity index (χ1v) is 43.0. The van der Waals surface area contributed by atoms with Crippen LogP contribution in [0.25, 0.3) is 0 Å². The lowest BCUT2D eigenvalue weighted by molar-refractivity contribution is -0.161. The number of phosphoric ester groups is 2. The van der Waals surface area contributed by atoms with Crippen molar-refractivity contribution in [2.75, 3.05) is 39.6 Å². The number of carbonyl (C=O) groups excluding carboxylic acids is 4. The van der Waals surface area contributed by atoms with E-state index in [0.29, 0.717) is 38.5 Å². The van der Waals surface area contributed by atoms with Gasteiger partial charge in [0.15, 0.2) is 12.2 Å². The number of hydrogen-bond donors (Lipinski definition) is 3. The second kappa shape index (κ2) is 77.3. The van der Waals surface area contributed by atoms with Crippen molar-refractivity contribution in [2.24, 2.45) is 0 Å². The highest BCUT2D eigenvalue weighted by molar-refractivity contribution is 7.47. The van der Waals surface area contributed by atoms with Gasteiger partial charge in [0, 0.05) is 25.7 Å². The summed E-state index contributed by atoms with van der Waals surface area (Å²) in [5.74, 6) is -2.36. The van der Waals surface area contributed by atoms with Crippen LogP contribution in [0.2, 0.25) is 0 Å². The van der Waals surface area contributed by atoms with Gasteiger partial charge in [0.25, 0.3) is 0 Å². The number of esters is 4. The summed E-state index contributed by atoms with van der Waals surface area (Å²) in [7, 11) is -10.0. The summed E-state index contributed by atoms with van der Waals surface area (Å²) in [5, 5.41) is 10.6. The first kappa shape index (κ1) is 100. The molecule has 600 valence electrons. The zero-order chi connectivity index (χ0) is 77.4. The number of aliphatic hydroxyl groups is 1. The summed E-state index contributed by atoms with van der Waals surface area (Å²) in [6, 6.07) is 0. The Balaban J connectivity index is 5.49. The summed E-state index contributed by atoms with van der Waals surface area (Å²) < 4.78 is 68.5. The fourth-order valence-electron chi connectivity index (χ4n) is 9.81. The minimum Gasteiger partial charge on any atom is -0.462 e. The standard InChI is InChI=1S/C87H140O17P2/c1-5-9-13-17-21-25-29-33-36-39-40-43-45-49-52-56-60-64-68-72-85(90)97-77-82(103-86(91)73-69-65-61-57-53-47-32-28-24-20-16-12-8-4)79-101-105(93,94)99-75-81(88)76-100-106(95,96)102-80-83(104-87(92)74-70-66-62-58-54-50-46-42-38-35-31-27-23-19-15-11-7-3)78-98-84(89)71-67-63-59-55-51-48-44-41-37-34-30-26-22-18-14-10-6-2/h10-11,14-16,20-23,25-28,32-38,40,43-44,46,48,50,55,58-59,62,81-83,88H,5-9,12-13,17-19,24,29-31,39,41-42,45,47,49,51-54,56-57,60-61,63-80H2,1-4H3,(H,93,94)(H,95,96)/b14-10-,15-11-,20-16-,25-21-,26-22-,27-23-,32-28-,36-33-,37-34-,38-35-,43-40-,48-44-,50-46-,59-55-,62-58-. The van der Waals surface area contributed by atoms with Gasteiger partial charge in [-0.2, -0.15) is 0 Å². The van der Waals surface area contributed by atoms with Crippen LogP contribution in [0.4, 0.5) is 0 Å². The van der Waals surface area contributed by atoms with Gasteiger partial charge in [0.2, 0.25) is 0 Å². The minimum atomic E-state index is -5.02. The van der Waals surface area contributed by atoms with Crippen LogP contribution >= 0.6 is 15.6 Å². The van der Waals surface area contributed by atoms with Crippen molar-refractivity contribution in [2.45, 2.75) is 303 Å². The largest absolute Gasteiger partial charge is 0.472 e. The Hall–Kier alpha value is -5.84. The van der Waals surface area contributed by atoms with Gasteiger partial charge in [0.05, 0.1) is 26.4 Å². The zero-order valence-corrected chi connectivity index (χ0v) is 67.3. The molecule has 0 aromatic carbocycles. The summed E-state index contributed by atoms with van der Waals surface area (Å²) in [5.41, 5.74) is 0. The number of unbranched alkanes of at least 4 members (excludes halogenated alkanes) is 17. The minimum absolute atomic E-state index is 0.00329. The fourth-order valence-corrected chi connectivity index (χ4v) is 11.4. The van der Waals surface area contributed by atoms with Gasteiger partial charge >= 0.3 is 39.5 Å². The van der Waals surface area contributed by atoms with E-state index in [4.69, 9.17) is 37.0 Å². The molecule has 0 aromatic heterocycles. The highest BCUT2D eigenvalue weighted by Gasteiger charge is 2.30. The van der Waals surface area contributed by atoms with Crippen molar-refractivity contribution < 1.29 is 80.2 Å². The molecule has 5 atom stereocenters. The lowest BCUT2D eigenvalue weighted by Crippen LogP contribution is -2.30. The normalized spacial score (nSPS) is 14.8. The Morgan fingerprint density at radius 3 is 0.840 bits per heavy atom. The van der Waals surface area contributed by atoms with E-state index < -0.39 is 97.5 Å². The van der Waals surface area contributed by atoms with E-state index in [0.717, 1.165) is 173 Å². The van der Waals surface area contributed by atoms with Crippen molar-refractivity contribution in [1.82, 2.24) is 0 Å². The van der Waals surface area contributed by atoms with Crippen LogP contribution in [-0.4, -0.2) is 96.7 Å². The molecule has 5 unspecified atom stereocenters. The highest BCUT2D eigenvalue weighted by atomic mass is 31.2. The van der Waals surface area contributed by atoms with Crippen LogP contribution in [-0.2, 0) is 65.4 Å². The van der Waals surface area contributed by atoms with Crippen molar-refractivity contribution in [3.8, 4) is 0 Å².